The van der Waals surface area contributed by atoms with Gasteiger partial charge in [-0.2, -0.15) is 0 Å². The van der Waals surface area contributed by atoms with E-state index >= 15 is 0 Å². The van der Waals surface area contributed by atoms with Crippen molar-refractivity contribution < 1.29 is 13.3 Å². The highest BCUT2D eigenvalue weighted by Gasteiger charge is 2.12. The first-order valence-corrected chi connectivity index (χ1v) is 4.78. The van der Waals surface area contributed by atoms with Gasteiger partial charge in [-0.15, -0.1) is 0 Å². The van der Waals surface area contributed by atoms with Crippen LogP contribution in [0, 0.1) is 0 Å². The lowest BCUT2D eigenvalue weighted by Crippen LogP contribution is -2.23. The molecule has 72 valence electrons. The Labute approximate surface area is 74.6 Å². The largest absolute Gasteiger partial charge is 0.328 e. The topological polar surface area (TPSA) is 88.3 Å². The number of nitrogens with one attached hydrogen (secondary N) is 2. The molecule has 0 saturated heterocycles. The SMILES string of the molecule is CONS(=O)(=O)c1ccc(=O)[nH]c1. The quantitative estimate of drug-likeness (QED) is 0.632. The van der Waals surface area contributed by atoms with Crippen molar-refractivity contribution in [2.24, 2.45) is 0 Å². The molecule has 0 radical (unpaired) electrons. The first-order chi connectivity index (χ1) is 6.06. The summed E-state index contributed by atoms with van der Waals surface area (Å²) in [6.45, 7) is 0. The molecule has 0 aliphatic rings. The summed E-state index contributed by atoms with van der Waals surface area (Å²) >= 11 is 0. The van der Waals surface area contributed by atoms with Gasteiger partial charge in [0.15, 0.2) is 0 Å². The van der Waals surface area contributed by atoms with Crippen LogP contribution in [0.4, 0.5) is 0 Å². The second-order valence-electron chi connectivity index (χ2n) is 2.18. The number of aromatic nitrogens is 1. The van der Waals surface area contributed by atoms with Gasteiger partial charge >= 0.3 is 0 Å². The van der Waals surface area contributed by atoms with Crippen LogP contribution in [0.5, 0.6) is 0 Å². The lowest BCUT2D eigenvalue weighted by atomic mass is 10.5. The van der Waals surface area contributed by atoms with Crippen LogP contribution >= 0.6 is 0 Å². The average molecular weight is 204 g/mol. The van der Waals surface area contributed by atoms with Crippen LogP contribution in [-0.4, -0.2) is 20.5 Å². The van der Waals surface area contributed by atoms with E-state index in [1.807, 2.05) is 4.89 Å². The maximum atomic E-state index is 11.2. The summed E-state index contributed by atoms with van der Waals surface area (Å²) in [6.07, 6.45) is 1.09. The van der Waals surface area contributed by atoms with Gasteiger partial charge in [0, 0.05) is 12.3 Å². The molecule has 0 unspecified atom stereocenters. The predicted octanol–water partition coefficient (Wildman–Crippen LogP) is -0.785. The molecule has 0 aliphatic carbocycles. The van der Waals surface area contributed by atoms with Crippen LogP contribution < -0.4 is 10.4 Å². The smallest absolute Gasteiger partial charge is 0.263 e. The molecule has 0 fully saturated rings. The fourth-order valence-electron chi connectivity index (χ4n) is 0.721. The zero-order chi connectivity index (χ0) is 9.90. The maximum absolute atomic E-state index is 11.2. The van der Waals surface area contributed by atoms with Crippen molar-refractivity contribution in [1.29, 1.82) is 0 Å². The third kappa shape index (κ3) is 2.38. The molecule has 0 saturated carbocycles. The summed E-state index contributed by atoms with van der Waals surface area (Å²) < 4.78 is 22.4. The van der Waals surface area contributed by atoms with E-state index in [2.05, 4.69) is 9.82 Å². The molecule has 2 N–H and O–H groups in total. The Balaban J connectivity index is 3.09. The number of rotatable bonds is 3. The minimum Gasteiger partial charge on any atom is -0.328 e. The van der Waals surface area contributed by atoms with Gasteiger partial charge in [-0.1, -0.05) is 4.89 Å². The Morgan fingerprint density at radius 1 is 1.46 bits per heavy atom. The lowest BCUT2D eigenvalue weighted by Gasteiger charge is -2.02. The molecule has 1 rings (SSSR count). The van der Waals surface area contributed by atoms with Gasteiger partial charge in [0.25, 0.3) is 10.0 Å². The summed E-state index contributed by atoms with van der Waals surface area (Å²) in [6, 6.07) is 2.30. The minimum atomic E-state index is -3.67. The van der Waals surface area contributed by atoms with Crippen molar-refractivity contribution in [3.63, 3.8) is 0 Å². The minimum absolute atomic E-state index is 0.0612. The summed E-state index contributed by atoms with van der Waals surface area (Å²) in [5.74, 6) is 0. The second kappa shape index (κ2) is 3.69. The number of hydrogen-bond acceptors (Lipinski definition) is 4. The third-order valence-electron chi connectivity index (χ3n) is 1.26. The standard InChI is InChI=1S/C6H8N2O4S/c1-12-8-13(10,11)5-2-3-6(9)7-4-5/h2-4,8H,1H3,(H,7,9). The van der Waals surface area contributed by atoms with Crippen LogP contribution in [-0.2, 0) is 14.9 Å². The Morgan fingerprint density at radius 3 is 2.62 bits per heavy atom. The van der Waals surface area contributed by atoms with E-state index in [1.54, 1.807) is 0 Å². The number of aromatic amines is 1. The average Bonchev–Trinajstić information content (AvgIpc) is 2.05. The van der Waals surface area contributed by atoms with E-state index in [0.29, 0.717) is 0 Å². The highest BCUT2D eigenvalue weighted by Crippen LogP contribution is 2.02. The number of H-pyrrole nitrogens is 1. The van der Waals surface area contributed by atoms with Crippen molar-refractivity contribution in [3.05, 3.63) is 28.7 Å². The molecule has 0 aliphatic heterocycles. The molecule has 0 atom stereocenters. The van der Waals surface area contributed by atoms with Gasteiger partial charge < -0.3 is 4.98 Å². The Hall–Kier alpha value is -1.18. The number of hydrogen-bond donors (Lipinski definition) is 2. The van der Waals surface area contributed by atoms with Gasteiger partial charge in [-0.25, -0.2) is 8.42 Å². The monoisotopic (exact) mass is 204 g/mol. The zero-order valence-corrected chi connectivity index (χ0v) is 7.59. The fourth-order valence-corrected chi connectivity index (χ4v) is 1.50. The highest BCUT2D eigenvalue weighted by molar-refractivity contribution is 7.89. The maximum Gasteiger partial charge on any atom is 0.263 e. The molecule has 1 heterocycles. The van der Waals surface area contributed by atoms with Crippen molar-refractivity contribution in [2.75, 3.05) is 7.11 Å². The summed E-state index contributed by atoms with van der Waals surface area (Å²) in [7, 11) is -2.49. The van der Waals surface area contributed by atoms with Crippen molar-refractivity contribution in [1.82, 2.24) is 9.87 Å². The third-order valence-corrected chi connectivity index (χ3v) is 2.52. The van der Waals surface area contributed by atoms with Crippen molar-refractivity contribution in [2.45, 2.75) is 4.90 Å². The van der Waals surface area contributed by atoms with Gasteiger partial charge in [-0.3, -0.25) is 9.63 Å². The molecule has 6 nitrogen and oxygen atoms in total. The Morgan fingerprint density at radius 2 is 2.15 bits per heavy atom. The Bertz CT molecular complexity index is 416. The molecule has 0 spiro atoms. The molecule has 1 aromatic heterocycles. The van der Waals surface area contributed by atoms with Crippen LogP contribution in [0.3, 0.4) is 0 Å². The lowest BCUT2D eigenvalue weighted by molar-refractivity contribution is 0.153. The normalized spacial score (nSPS) is 11.5. The molecular formula is C6H8N2O4S. The summed E-state index contributed by atoms with van der Waals surface area (Å²) in [4.78, 5) is 18.8. The fraction of sp³-hybridized carbons (Fsp3) is 0.167. The van der Waals surface area contributed by atoms with Crippen LogP contribution in [0.15, 0.2) is 28.0 Å². The second-order valence-corrected chi connectivity index (χ2v) is 3.82. The highest BCUT2D eigenvalue weighted by atomic mass is 32.2. The van der Waals surface area contributed by atoms with E-state index in [0.717, 1.165) is 12.3 Å². The van der Waals surface area contributed by atoms with E-state index in [4.69, 9.17) is 0 Å². The van der Waals surface area contributed by atoms with E-state index in [-0.39, 0.29) is 10.5 Å². The van der Waals surface area contributed by atoms with Crippen molar-refractivity contribution in [3.8, 4) is 0 Å². The summed E-state index contributed by atoms with van der Waals surface area (Å²) in [5, 5.41) is 0. The predicted molar refractivity (Wildman–Crippen MR) is 44.4 cm³/mol. The van der Waals surface area contributed by atoms with E-state index in [9.17, 15) is 13.2 Å². The van der Waals surface area contributed by atoms with Gasteiger partial charge in [0.2, 0.25) is 5.56 Å². The molecular weight excluding hydrogens is 196 g/mol. The molecule has 1 aromatic rings. The molecule has 0 bridgehead atoms. The van der Waals surface area contributed by atoms with Crippen LogP contribution in [0.2, 0.25) is 0 Å². The molecule has 0 aromatic carbocycles. The number of sulfonamides is 1. The molecule has 7 heteroatoms. The Kier molecular flexibility index (Phi) is 2.81. The van der Waals surface area contributed by atoms with Gasteiger partial charge in [0.1, 0.15) is 4.90 Å². The molecule has 13 heavy (non-hydrogen) atoms. The van der Waals surface area contributed by atoms with Gasteiger partial charge in [-0.05, 0) is 6.07 Å². The first kappa shape index (κ1) is 9.90. The van der Waals surface area contributed by atoms with Crippen molar-refractivity contribution >= 4 is 10.0 Å². The molecule has 0 amide bonds. The summed E-state index contributed by atoms with van der Waals surface area (Å²) in [5.41, 5.74) is -0.364. The van der Waals surface area contributed by atoms with Crippen LogP contribution in [0.1, 0.15) is 0 Å². The van der Waals surface area contributed by atoms with E-state index in [1.165, 1.54) is 13.2 Å². The first-order valence-electron chi connectivity index (χ1n) is 3.30. The van der Waals surface area contributed by atoms with E-state index < -0.39 is 10.0 Å². The zero-order valence-electron chi connectivity index (χ0n) is 6.77. The van der Waals surface area contributed by atoms with Crippen LogP contribution in [0.25, 0.3) is 0 Å². The van der Waals surface area contributed by atoms with Gasteiger partial charge in [0.05, 0.1) is 7.11 Å². The number of pyridine rings is 1.